The van der Waals surface area contributed by atoms with Gasteiger partial charge in [0.15, 0.2) is 0 Å². The summed E-state index contributed by atoms with van der Waals surface area (Å²) >= 11 is 2.03. The number of nitrogens with zero attached hydrogens (tertiary/aromatic N) is 1. The number of rotatable bonds is 1. The molecule has 0 saturated heterocycles. The van der Waals surface area contributed by atoms with E-state index in [0.717, 1.165) is 9.13 Å². The van der Waals surface area contributed by atoms with Crippen molar-refractivity contribution >= 4 is 22.6 Å². The maximum absolute atomic E-state index is 12.3. The van der Waals surface area contributed by atoms with Crippen LogP contribution in [0, 0.1) is 9.52 Å². The highest BCUT2D eigenvalue weighted by Gasteiger charge is 1.98. The number of aromatic nitrogens is 1. The zero-order valence-corrected chi connectivity index (χ0v) is 7.30. The Bertz CT molecular complexity index is 239. The molecule has 0 aliphatic carbocycles. The van der Waals surface area contributed by atoms with Gasteiger partial charge in [-0.05, 0) is 28.2 Å². The number of hydrogen-bond acceptors (Lipinski definition) is 2. The molecule has 0 unspecified atom stereocenters. The van der Waals surface area contributed by atoms with Crippen LogP contribution in [-0.2, 0) is 6.54 Å². The van der Waals surface area contributed by atoms with Gasteiger partial charge in [-0.15, -0.1) is 0 Å². The lowest BCUT2D eigenvalue weighted by Crippen LogP contribution is -2.00. The van der Waals surface area contributed by atoms with Crippen LogP contribution in [0.3, 0.4) is 0 Å². The van der Waals surface area contributed by atoms with Gasteiger partial charge in [0.05, 0.1) is 0 Å². The first-order chi connectivity index (χ1) is 4.74. The van der Waals surface area contributed by atoms with E-state index < -0.39 is 5.95 Å². The Morgan fingerprint density at radius 3 is 2.90 bits per heavy atom. The van der Waals surface area contributed by atoms with Crippen molar-refractivity contribution in [1.82, 2.24) is 4.98 Å². The van der Waals surface area contributed by atoms with Crippen LogP contribution in [0.25, 0.3) is 0 Å². The molecular weight excluding hydrogens is 246 g/mol. The van der Waals surface area contributed by atoms with E-state index in [9.17, 15) is 4.39 Å². The average molecular weight is 252 g/mol. The van der Waals surface area contributed by atoms with Gasteiger partial charge >= 0.3 is 0 Å². The predicted octanol–water partition coefficient (Wildman–Crippen LogP) is 1.28. The number of nitrogens with two attached hydrogens (primary N) is 1. The molecule has 1 aromatic heterocycles. The second kappa shape index (κ2) is 3.25. The summed E-state index contributed by atoms with van der Waals surface area (Å²) in [5.41, 5.74) is 6.21. The molecule has 2 N–H and O–H groups in total. The number of pyridine rings is 1. The van der Waals surface area contributed by atoms with Crippen molar-refractivity contribution in [3.05, 3.63) is 27.3 Å². The molecule has 0 fully saturated rings. The molecule has 10 heavy (non-hydrogen) atoms. The first-order valence-corrected chi connectivity index (χ1v) is 3.82. The van der Waals surface area contributed by atoms with Gasteiger partial charge in [-0.2, -0.15) is 4.39 Å². The van der Waals surface area contributed by atoms with Crippen LogP contribution >= 0.6 is 22.6 Å². The zero-order valence-electron chi connectivity index (χ0n) is 5.14. The lowest BCUT2D eigenvalue weighted by atomic mass is 10.3. The lowest BCUT2D eigenvalue weighted by Gasteiger charge is -1.97. The SMILES string of the molecule is NCc1cnc(F)cc1I. The van der Waals surface area contributed by atoms with Crippen LogP contribution in [0.1, 0.15) is 5.56 Å². The van der Waals surface area contributed by atoms with Crippen LogP contribution in [0.2, 0.25) is 0 Å². The van der Waals surface area contributed by atoms with Crippen molar-refractivity contribution in [3.63, 3.8) is 0 Å². The molecule has 2 nitrogen and oxygen atoms in total. The molecular formula is C6H6FIN2. The summed E-state index contributed by atoms with van der Waals surface area (Å²) in [5, 5.41) is 0. The Morgan fingerprint density at radius 2 is 2.40 bits per heavy atom. The minimum Gasteiger partial charge on any atom is -0.326 e. The molecule has 0 aromatic carbocycles. The summed E-state index contributed by atoms with van der Waals surface area (Å²) in [6.07, 6.45) is 1.46. The molecule has 54 valence electrons. The van der Waals surface area contributed by atoms with Gasteiger partial charge in [0, 0.05) is 22.4 Å². The first kappa shape index (κ1) is 7.87. The minimum absolute atomic E-state index is 0.408. The Balaban J connectivity index is 3.07. The van der Waals surface area contributed by atoms with Crippen molar-refractivity contribution in [2.75, 3.05) is 0 Å². The molecule has 1 rings (SSSR count). The van der Waals surface area contributed by atoms with E-state index in [1.807, 2.05) is 22.6 Å². The van der Waals surface area contributed by atoms with E-state index in [1.54, 1.807) is 0 Å². The Labute approximate surface area is 71.8 Å². The van der Waals surface area contributed by atoms with Crippen molar-refractivity contribution in [2.24, 2.45) is 5.73 Å². The summed E-state index contributed by atoms with van der Waals surface area (Å²) in [6, 6.07) is 1.36. The van der Waals surface area contributed by atoms with E-state index in [-0.39, 0.29) is 0 Å². The smallest absolute Gasteiger partial charge is 0.213 e. The van der Waals surface area contributed by atoms with E-state index in [0.29, 0.717) is 6.54 Å². The van der Waals surface area contributed by atoms with Gasteiger partial charge in [-0.1, -0.05) is 0 Å². The second-order valence-corrected chi connectivity index (χ2v) is 2.96. The fraction of sp³-hybridized carbons (Fsp3) is 0.167. The van der Waals surface area contributed by atoms with E-state index in [4.69, 9.17) is 5.73 Å². The molecule has 0 atom stereocenters. The van der Waals surface area contributed by atoms with E-state index in [1.165, 1.54) is 12.3 Å². The van der Waals surface area contributed by atoms with Gasteiger partial charge in [-0.3, -0.25) is 0 Å². The highest BCUT2D eigenvalue weighted by Crippen LogP contribution is 2.10. The van der Waals surface area contributed by atoms with E-state index in [2.05, 4.69) is 4.98 Å². The molecule has 1 heterocycles. The van der Waals surface area contributed by atoms with Crippen molar-refractivity contribution in [3.8, 4) is 0 Å². The van der Waals surface area contributed by atoms with Crippen LogP contribution < -0.4 is 5.73 Å². The van der Waals surface area contributed by atoms with Gasteiger partial charge in [0.1, 0.15) is 0 Å². The highest BCUT2D eigenvalue weighted by molar-refractivity contribution is 14.1. The first-order valence-electron chi connectivity index (χ1n) is 2.74. The lowest BCUT2D eigenvalue weighted by molar-refractivity contribution is 0.581. The molecule has 0 aliphatic heterocycles. The van der Waals surface area contributed by atoms with Crippen LogP contribution in [0.5, 0.6) is 0 Å². The molecule has 0 bridgehead atoms. The normalized spacial score (nSPS) is 9.90. The quantitative estimate of drug-likeness (QED) is 0.604. The maximum atomic E-state index is 12.3. The largest absolute Gasteiger partial charge is 0.326 e. The Morgan fingerprint density at radius 1 is 1.70 bits per heavy atom. The molecule has 0 amide bonds. The minimum atomic E-state index is -0.457. The summed E-state index contributed by atoms with van der Waals surface area (Å²) < 4.78 is 13.2. The van der Waals surface area contributed by atoms with Crippen LogP contribution in [-0.4, -0.2) is 4.98 Å². The molecule has 1 aromatic rings. The Kier molecular flexibility index (Phi) is 2.56. The zero-order chi connectivity index (χ0) is 7.56. The third-order valence-corrected chi connectivity index (χ3v) is 2.12. The third kappa shape index (κ3) is 1.63. The average Bonchev–Trinajstić information content (AvgIpc) is 1.88. The molecule has 0 saturated carbocycles. The van der Waals surface area contributed by atoms with Gasteiger partial charge in [0.2, 0.25) is 5.95 Å². The molecule has 4 heteroatoms. The highest BCUT2D eigenvalue weighted by atomic mass is 127. The fourth-order valence-electron chi connectivity index (χ4n) is 0.586. The second-order valence-electron chi connectivity index (χ2n) is 1.80. The Hall–Kier alpha value is -0.230. The topological polar surface area (TPSA) is 38.9 Å². The summed E-state index contributed by atoms with van der Waals surface area (Å²) in [7, 11) is 0. The van der Waals surface area contributed by atoms with Crippen molar-refractivity contribution in [2.45, 2.75) is 6.54 Å². The maximum Gasteiger partial charge on any atom is 0.213 e. The van der Waals surface area contributed by atoms with Crippen molar-refractivity contribution in [1.29, 1.82) is 0 Å². The number of halogens is 2. The van der Waals surface area contributed by atoms with Gasteiger partial charge < -0.3 is 5.73 Å². The van der Waals surface area contributed by atoms with Gasteiger partial charge in [0.25, 0.3) is 0 Å². The predicted molar refractivity (Wildman–Crippen MR) is 44.8 cm³/mol. The number of hydrogen-bond donors (Lipinski definition) is 1. The molecule has 0 aliphatic rings. The van der Waals surface area contributed by atoms with Crippen molar-refractivity contribution < 1.29 is 4.39 Å². The third-order valence-electron chi connectivity index (χ3n) is 1.12. The monoisotopic (exact) mass is 252 g/mol. The summed E-state index contributed by atoms with van der Waals surface area (Å²) in [4.78, 5) is 3.46. The summed E-state index contributed by atoms with van der Waals surface area (Å²) in [5.74, 6) is -0.457. The molecule has 0 radical (unpaired) electrons. The summed E-state index contributed by atoms with van der Waals surface area (Å²) in [6.45, 7) is 0.408. The van der Waals surface area contributed by atoms with E-state index >= 15 is 0 Å². The standard InChI is InChI=1S/C6H6FIN2/c7-6-1-5(8)4(2-9)3-10-6/h1,3H,2,9H2. The molecule has 0 spiro atoms. The fourth-order valence-corrected chi connectivity index (χ4v) is 1.20. The van der Waals surface area contributed by atoms with Crippen LogP contribution in [0.4, 0.5) is 4.39 Å². The van der Waals surface area contributed by atoms with Gasteiger partial charge in [-0.25, -0.2) is 4.98 Å². The van der Waals surface area contributed by atoms with Crippen LogP contribution in [0.15, 0.2) is 12.3 Å².